The normalized spacial score (nSPS) is 10.5. The highest BCUT2D eigenvalue weighted by Crippen LogP contribution is 2.23. The molecule has 0 aliphatic rings. The Bertz CT molecular complexity index is 625. The summed E-state index contributed by atoms with van der Waals surface area (Å²) < 4.78 is 28.7. The number of carboxylic acids is 1. The maximum atomic E-state index is 13.7. The van der Waals surface area contributed by atoms with E-state index in [4.69, 9.17) is 5.11 Å². The molecule has 2 N–H and O–H groups in total. The van der Waals surface area contributed by atoms with E-state index in [9.17, 15) is 13.6 Å². The van der Waals surface area contributed by atoms with Crippen LogP contribution in [0, 0.1) is 11.6 Å². The van der Waals surface area contributed by atoms with Crippen molar-refractivity contribution < 1.29 is 18.7 Å². The van der Waals surface area contributed by atoms with E-state index in [0.717, 1.165) is 12.1 Å². The van der Waals surface area contributed by atoms with Gasteiger partial charge in [0.1, 0.15) is 0 Å². The Balaban J connectivity index is 2.31. The maximum Gasteiger partial charge on any atom is 0.338 e. The number of anilines is 2. The number of benzene rings is 1. The highest BCUT2D eigenvalue weighted by atomic mass is 19.2. The Kier molecular flexibility index (Phi) is 3.46. The molecule has 0 saturated carbocycles. The Morgan fingerprint density at radius 3 is 2.68 bits per heavy atom. The van der Waals surface area contributed by atoms with Gasteiger partial charge in [-0.05, 0) is 19.1 Å². The third-order valence-electron chi connectivity index (χ3n) is 2.54. The zero-order chi connectivity index (χ0) is 14.0. The summed E-state index contributed by atoms with van der Waals surface area (Å²) in [6, 6.07) is 3.76. The van der Waals surface area contributed by atoms with Crippen LogP contribution in [-0.2, 0) is 6.54 Å². The number of aromatic carboxylic acids is 1. The molecule has 0 aliphatic carbocycles. The molecule has 0 saturated heterocycles. The number of aryl methyl sites for hydroxylation is 1. The van der Waals surface area contributed by atoms with Gasteiger partial charge in [0.15, 0.2) is 17.5 Å². The number of rotatable bonds is 4. The van der Waals surface area contributed by atoms with Gasteiger partial charge in [0, 0.05) is 18.8 Å². The maximum absolute atomic E-state index is 13.7. The molecule has 1 aromatic heterocycles. The van der Waals surface area contributed by atoms with E-state index in [-0.39, 0.29) is 5.69 Å². The Hall–Kier alpha value is -2.44. The predicted molar refractivity (Wildman–Crippen MR) is 64.5 cm³/mol. The molecule has 0 aliphatic heterocycles. The quantitative estimate of drug-likeness (QED) is 0.893. The lowest BCUT2D eigenvalue weighted by molar-refractivity contribution is 0.0690. The summed E-state index contributed by atoms with van der Waals surface area (Å²) in [6.45, 7) is 2.54. The van der Waals surface area contributed by atoms with Crippen LogP contribution in [0.25, 0.3) is 0 Å². The lowest BCUT2D eigenvalue weighted by Gasteiger charge is -2.07. The average Bonchev–Trinajstić information content (AvgIpc) is 2.82. The number of carboxylic acid groups (broad SMARTS) is 1. The van der Waals surface area contributed by atoms with Crippen LogP contribution < -0.4 is 5.32 Å². The molecule has 1 heterocycles. The van der Waals surface area contributed by atoms with Crippen molar-refractivity contribution in [2.45, 2.75) is 13.5 Å². The number of nitrogens with zero attached hydrogens (tertiary/aromatic N) is 2. The highest BCUT2D eigenvalue weighted by molar-refractivity contribution is 5.88. The number of halogens is 2. The van der Waals surface area contributed by atoms with Crippen LogP contribution in [-0.4, -0.2) is 20.9 Å². The molecule has 0 amide bonds. The van der Waals surface area contributed by atoms with E-state index in [1.54, 1.807) is 16.9 Å². The van der Waals surface area contributed by atoms with Crippen molar-refractivity contribution in [3.63, 3.8) is 0 Å². The highest BCUT2D eigenvalue weighted by Gasteiger charge is 2.18. The molecule has 0 bridgehead atoms. The molecule has 7 heteroatoms. The predicted octanol–water partition coefficient (Wildman–Crippen LogP) is 2.62. The smallest absolute Gasteiger partial charge is 0.338 e. The summed E-state index contributed by atoms with van der Waals surface area (Å²) in [5, 5.41) is 15.3. The molecule has 1 aromatic carbocycles. The molecule has 0 radical (unpaired) electrons. The van der Waals surface area contributed by atoms with E-state index >= 15 is 0 Å². The zero-order valence-corrected chi connectivity index (χ0v) is 10.0. The summed E-state index contributed by atoms with van der Waals surface area (Å²) in [5.74, 6) is -3.81. The van der Waals surface area contributed by atoms with Gasteiger partial charge in [0.2, 0.25) is 0 Å². The molecule has 2 rings (SSSR count). The van der Waals surface area contributed by atoms with Crippen molar-refractivity contribution >= 4 is 17.5 Å². The standard InChI is InChI=1S/C12H11F2N3O2/c1-2-17-6-5-9(16-17)15-8-4-3-7(12(18)19)10(13)11(8)14/h3-6H,2H2,1H3,(H,15,16)(H,18,19). The minimum Gasteiger partial charge on any atom is -0.478 e. The molecular formula is C12H11F2N3O2. The number of nitrogens with one attached hydrogen (secondary N) is 1. The van der Waals surface area contributed by atoms with Gasteiger partial charge < -0.3 is 10.4 Å². The topological polar surface area (TPSA) is 67.2 Å². The zero-order valence-electron chi connectivity index (χ0n) is 10.0. The number of carbonyl (C=O) groups is 1. The van der Waals surface area contributed by atoms with E-state index in [1.165, 1.54) is 0 Å². The van der Waals surface area contributed by atoms with E-state index < -0.39 is 23.2 Å². The number of hydrogen-bond acceptors (Lipinski definition) is 3. The van der Waals surface area contributed by atoms with Crippen molar-refractivity contribution in [1.29, 1.82) is 0 Å². The van der Waals surface area contributed by atoms with Crippen molar-refractivity contribution in [3.8, 4) is 0 Å². The molecule has 0 unspecified atom stereocenters. The average molecular weight is 267 g/mol. The van der Waals surface area contributed by atoms with Crippen molar-refractivity contribution in [1.82, 2.24) is 9.78 Å². The van der Waals surface area contributed by atoms with Crippen LogP contribution in [0.1, 0.15) is 17.3 Å². The van der Waals surface area contributed by atoms with Gasteiger partial charge in [-0.25, -0.2) is 13.6 Å². The minimum absolute atomic E-state index is 0.163. The summed E-state index contributed by atoms with van der Waals surface area (Å²) in [6.07, 6.45) is 1.68. The van der Waals surface area contributed by atoms with Crippen LogP contribution in [0.2, 0.25) is 0 Å². The van der Waals surface area contributed by atoms with Gasteiger partial charge >= 0.3 is 5.97 Å². The molecule has 0 atom stereocenters. The van der Waals surface area contributed by atoms with Crippen LogP contribution in [0.4, 0.5) is 20.3 Å². The Labute approximate surface area is 107 Å². The molecule has 0 spiro atoms. The van der Waals surface area contributed by atoms with E-state index in [2.05, 4.69) is 10.4 Å². The summed E-state index contributed by atoms with van der Waals surface area (Å²) >= 11 is 0. The van der Waals surface area contributed by atoms with Gasteiger partial charge in [-0.15, -0.1) is 0 Å². The third-order valence-corrected chi connectivity index (χ3v) is 2.54. The Morgan fingerprint density at radius 2 is 2.11 bits per heavy atom. The van der Waals surface area contributed by atoms with Gasteiger partial charge in [0.25, 0.3) is 0 Å². The summed E-state index contributed by atoms with van der Waals surface area (Å²) in [5.41, 5.74) is -0.869. The van der Waals surface area contributed by atoms with Crippen molar-refractivity contribution in [2.75, 3.05) is 5.32 Å². The lowest BCUT2D eigenvalue weighted by atomic mass is 10.2. The molecule has 5 nitrogen and oxygen atoms in total. The van der Waals surface area contributed by atoms with Gasteiger partial charge in [-0.2, -0.15) is 5.10 Å². The molecule has 2 aromatic rings. The van der Waals surface area contributed by atoms with Crippen LogP contribution >= 0.6 is 0 Å². The fourth-order valence-corrected chi connectivity index (χ4v) is 1.55. The van der Waals surface area contributed by atoms with Crippen LogP contribution in [0.3, 0.4) is 0 Å². The van der Waals surface area contributed by atoms with Gasteiger partial charge in [-0.3, -0.25) is 4.68 Å². The molecule has 100 valence electrons. The first-order chi connectivity index (χ1) is 9.02. The second-order valence-corrected chi connectivity index (χ2v) is 3.78. The van der Waals surface area contributed by atoms with Gasteiger partial charge in [0.05, 0.1) is 11.3 Å². The monoisotopic (exact) mass is 267 g/mol. The molecular weight excluding hydrogens is 256 g/mol. The fraction of sp³-hybridized carbons (Fsp3) is 0.167. The number of hydrogen-bond donors (Lipinski definition) is 2. The molecule has 0 fully saturated rings. The first kappa shape index (κ1) is 13.0. The number of aromatic nitrogens is 2. The minimum atomic E-state index is -1.52. The summed E-state index contributed by atoms with van der Waals surface area (Å²) in [7, 11) is 0. The SMILES string of the molecule is CCn1ccc(Nc2ccc(C(=O)O)c(F)c2F)n1. The first-order valence-corrected chi connectivity index (χ1v) is 5.54. The largest absolute Gasteiger partial charge is 0.478 e. The third kappa shape index (κ3) is 2.54. The fourth-order valence-electron chi connectivity index (χ4n) is 1.55. The Morgan fingerprint density at radius 1 is 1.37 bits per heavy atom. The van der Waals surface area contributed by atoms with Gasteiger partial charge in [-0.1, -0.05) is 0 Å². The van der Waals surface area contributed by atoms with E-state index in [1.807, 2.05) is 6.92 Å². The van der Waals surface area contributed by atoms with E-state index in [0.29, 0.717) is 12.4 Å². The molecule has 19 heavy (non-hydrogen) atoms. The second kappa shape index (κ2) is 5.05. The van der Waals surface area contributed by atoms with Crippen molar-refractivity contribution in [3.05, 3.63) is 41.6 Å². The van der Waals surface area contributed by atoms with Crippen LogP contribution in [0.5, 0.6) is 0 Å². The first-order valence-electron chi connectivity index (χ1n) is 5.54. The van der Waals surface area contributed by atoms with Crippen LogP contribution in [0.15, 0.2) is 24.4 Å². The summed E-state index contributed by atoms with van der Waals surface area (Å²) in [4.78, 5) is 10.6. The second-order valence-electron chi connectivity index (χ2n) is 3.78. The van der Waals surface area contributed by atoms with Crippen molar-refractivity contribution in [2.24, 2.45) is 0 Å². The lowest BCUT2D eigenvalue weighted by Crippen LogP contribution is -2.05.